The molecule has 0 aliphatic carbocycles. The Hall–Kier alpha value is -1.77. The average Bonchev–Trinajstić information content (AvgIpc) is 2.47. The Morgan fingerprint density at radius 1 is 1.46 bits per heavy atom. The van der Waals surface area contributed by atoms with Gasteiger partial charge in [-0.3, -0.25) is 4.79 Å². The summed E-state index contributed by atoms with van der Waals surface area (Å²) in [4.78, 5) is 13.6. The van der Waals surface area contributed by atoms with Gasteiger partial charge >= 0.3 is 0 Å². The molecule has 0 radical (unpaired) electrons. The van der Waals surface area contributed by atoms with E-state index in [-0.39, 0.29) is 0 Å². The van der Waals surface area contributed by atoms with Gasteiger partial charge in [-0.15, -0.1) is 0 Å². The topological polar surface area (TPSA) is 58.9 Å². The summed E-state index contributed by atoms with van der Waals surface area (Å²) < 4.78 is 0. The van der Waals surface area contributed by atoms with Gasteiger partial charge in [0, 0.05) is 17.1 Å². The lowest BCUT2D eigenvalue weighted by Crippen LogP contribution is -1.87. The summed E-state index contributed by atoms with van der Waals surface area (Å²) >= 11 is 0. The number of rotatable bonds is 1. The number of aromatic nitrogens is 1. The van der Waals surface area contributed by atoms with E-state index in [1.165, 1.54) is 0 Å². The van der Waals surface area contributed by atoms with E-state index in [0.717, 1.165) is 22.8 Å². The van der Waals surface area contributed by atoms with Crippen LogP contribution >= 0.6 is 0 Å². The number of carbonyl (C=O) groups excluding carboxylic acids is 1. The lowest BCUT2D eigenvalue weighted by Gasteiger charge is -1.98. The molecule has 2 rings (SSSR count). The van der Waals surface area contributed by atoms with Gasteiger partial charge in [0.05, 0.1) is 11.2 Å². The highest BCUT2D eigenvalue weighted by Crippen LogP contribution is 2.24. The summed E-state index contributed by atoms with van der Waals surface area (Å²) in [6.07, 6.45) is 2.51. The summed E-state index contributed by atoms with van der Waals surface area (Å²) in [6.45, 7) is 1.96. The maximum Gasteiger partial charge on any atom is 0.152 e. The Morgan fingerprint density at radius 3 is 2.92 bits per heavy atom. The standard InChI is InChI=1S/C10H10N2O/c1-6-2-8-7(5-13)4-12-10(8)9(11)3-6/h2-5,12H,11H2,1H3. The molecular weight excluding hydrogens is 164 g/mol. The highest BCUT2D eigenvalue weighted by atomic mass is 16.1. The summed E-state index contributed by atoms with van der Waals surface area (Å²) in [5.41, 5.74) is 9.02. The van der Waals surface area contributed by atoms with Crippen molar-refractivity contribution in [2.75, 3.05) is 5.73 Å². The first-order valence-electron chi connectivity index (χ1n) is 4.05. The Labute approximate surface area is 75.6 Å². The normalized spacial score (nSPS) is 10.5. The van der Waals surface area contributed by atoms with Crippen molar-refractivity contribution in [3.05, 3.63) is 29.5 Å². The minimum absolute atomic E-state index is 0.658. The highest BCUT2D eigenvalue weighted by molar-refractivity contribution is 6.02. The molecule has 0 spiro atoms. The maximum atomic E-state index is 10.6. The zero-order valence-electron chi connectivity index (χ0n) is 7.29. The molecule has 0 amide bonds. The number of aryl methyl sites for hydroxylation is 1. The molecule has 0 unspecified atom stereocenters. The molecule has 0 aliphatic rings. The molecule has 0 saturated heterocycles. The number of anilines is 1. The van der Waals surface area contributed by atoms with Gasteiger partial charge in [-0.1, -0.05) is 0 Å². The van der Waals surface area contributed by atoms with Crippen molar-refractivity contribution in [2.24, 2.45) is 0 Å². The molecule has 0 atom stereocenters. The van der Waals surface area contributed by atoms with Gasteiger partial charge in [0.2, 0.25) is 0 Å². The summed E-state index contributed by atoms with van der Waals surface area (Å²) in [5.74, 6) is 0. The first-order chi connectivity index (χ1) is 6.22. The zero-order chi connectivity index (χ0) is 9.42. The van der Waals surface area contributed by atoms with Crippen LogP contribution in [0.2, 0.25) is 0 Å². The van der Waals surface area contributed by atoms with Crippen LogP contribution in [0.1, 0.15) is 15.9 Å². The van der Waals surface area contributed by atoms with Gasteiger partial charge in [-0.2, -0.15) is 0 Å². The number of H-pyrrole nitrogens is 1. The van der Waals surface area contributed by atoms with Gasteiger partial charge in [-0.05, 0) is 24.6 Å². The Kier molecular flexibility index (Phi) is 1.59. The highest BCUT2D eigenvalue weighted by Gasteiger charge is 2.05. The van der Waals surface area contributed by atoms with Crippen molar-refractivity contribution >= 4 is 22.9 Å². The van der Waals surface area contributed by atoms with Crippen LogP contribution < -0.4 is 5.73 Å². The largest absolute Gasteiger partial charge is 0.397 e. The predicted octanol–water partition coefficient (Wildman–Crippen LogP) is 1.87. The first-order valence-corrected chi connectivity index (χ1v) is 4.05. The summed E-state index contributed by atoms with van der Waals surface area (Å²) in [5, 5.41) is 0.896. The lowest BCUT2D eigenvalue weighted by atomic mass is 10.1. The van der Waals surface area contributed by atoms with Crippen molar-refractivity contribution in [3.63, 3.8) is 0 Å². The number of nitrogens with one attached hydrogen (secondary N) is 1. The van der Waals surface area contributed by atoms with E-state index in [1.807, 2.05) is 19.1 Å². The molecule has 0 saturated carbocycles. The second-order valence-corrected chi connectivity index (χ2v) is 3.14. The molecule has 0 aliphatic heterocycles. The van der Waals surface area contributed by atoms with E-state index in [9.17, 15) is 4.79 Å². The van der Waals surface area contributed by atoms with E-state index >= 15 is 0 Å². The van der Waals surface area contributed by atoms with Crippen LogP contribution in [0.5, 0.6) is 0 Å². The molecule has 2 aromatic rings. The summed E-state index contributed by atoms with van der Waals surface area (Å²) in [6, 6.07) is 3.83. The molecule has 1 aromatic heterocycles. The van der Waals surface area contributed by atoms with Crippen LogP contribution in [0.4, 0.5) is 5.69 Å². The third-order valence-corrected chi connectivity index (χ3v) is 2.12. The van der Waals surface area contributed by atoms with Crippen molar-refractivity contribution in [3.8, 4) is 0 Å². The van der Waals surface area contributed by atoms with Crippen LogP contribution in [0.25, 0.3) is 10.9 Å². The van der Waals surface area contributed by atoms with Crippen LogP contribution in [0.3, 0.4) is 0 Å². The fraction of sp³-hybridized carbons (Fsp3) is 0.100. The molecule has 66 valence electrons. The van der Waals surface area contributed by atoms with E-state index < -0.39 is 0 Å². The van der Waals surface area contributed by atoms with E-state index in [1.54, 1.807) is 6.20 Å². The third-order valence-electron chi connectivity index (χ3n) is 2.12. The number of carbonyl (C=O) groups is 1. The molecule has 1 heterocycles. The number of nitrogens with two attached hydrogens (primary N) is 1. The van der Waals surface area contributed by atoms with Gasteiger partial charge in [0.1, 0.15) is 0 Å². The number of aldehydes is 1. The number of hydrogen-bond donors (Lipinski definition) is 2. The molecule has 13 heavy (non-hydrogen) atoms. The Bertz CT molecular complexity index is 471. The first kappa shape index (κ1) is 7.86. The second-order valence-electron chi connectivity index (χ2n) is 3.14. The number of fused-ring (bicyclic) bond motifs is 1. The van der Waals surface area contributed by atoms with Crippen molar-refractivity contribution in [2.45, 2.75) is 6.92 Å². The molecule has 1 aromatic carbocycles. The number of nitrogen functional groups attached to an aromatic ring is 1. The van der Waals surface area contributed by atoms with Crippen LogP contribution in [-0.4, -0.2) is 11.3 Å². The smallest absolute Gasteiger partial charge is 0.152 e. The minimum atomic E-state index is 0.658. The van der Waals surface area contributed by atoms with E-state index in [0.29, 0.717) is 11.3 Å². The maximum absolute atomic E-state index is 10.6. The minimum Gasteiger partial charge on any atom is -0.397 e. The monoisotopic (exact) mass is 174 g/mol. The van der Waals surface area contributed by atoms with Gasteiger partial charge < -0.3 is 10.7 Å². The van der Waals surface area contributed by atoms with Crippen molar-refractivity contribution in [1.82, 2.24) is 4.98 Å². The van der Waals surface area contributed by atoms with Gasteiger partial charge in [0.25, 0.3) is 0 Å². The van der Waals surface area contributed by atoms with Crippen LogP contribution in [-0.2, 0) is 0 Å². The lowest BCUT2D eigenvalue weighted by molar-refractivity contribution is 0.112. The Balaban J connectivity index is 2.89. The fourth-order valence-corrected chi connectivity index (χ4v) is 1.53. The Morgan fingerprint density at radius 2 is 2.23 bits per heavy atom. The molecule has 3 heteroatoms. The third kappa shape index (κ3) is 1.09. The number of aromatic amines is 1. The predicted molar refractivity (Wildman–Crippen MR) is 52.8 cm³/mol. The van der Waals surface area contributed by atoms with E-state index in [4.69, 9.17) is 5.73 Å². The average molecular weight is 174 g/mol. The van der Waals surface area contributed by atoms with E-state index in [2.05, 4.69) is 4.98 Å². The van der Waals surface area contributed by atoms with Crippen LogP contribution in [0, 0.1) is 6.92 Å². The quantitative estimate of drug-likeness (QED) is 0.512. The van der Waals surface area contributed by atoms with Crippen molar-refractivity contribution in [1.29, 1.82) is 0 Å². The van der Waals surface area contributed by atoms with Gasteiger partial charge in [-0.25, -0.2) is 0 Å². The number of hydrogen-bond acceptors (Lipinski definition) is 2. The molecular formula is C10H10N2O. The van der Waals surface area contributed by atoms with Gasteiger partial charge in [0.15, 0.2) is 6.29 Å². The molecule has 3 N–H and O–H groups in total. The second kappa shape index (κ2) is 2.62. The number of benzene rings is 1. The molecule has 3 nitrogen and oxygen atoms in total. The molecule has 0 bridgehead atoms. The SMILES string of the molecule is Cc1cc(N)c2[nH]cc(C=O)c2c1. The zero-order valence-corrected chi connectivity index (χ0v) is 7.29. The molecule has 0 fully saturated rings. The fourth-order valence-electron chi connectivity index (χ4n) is 1.53. The van der Waals surface area contributed by atoms with Crippen molar-refractivity contribution < 1.29 is 4.79 Å². The van der Waals surface area contributed by atoms with Crippen LogP contribution in [0.15, 0.2) is 18.3 Å². The summed E-state index contributed by atoms with van der Waals surface area (Å²) in [7, 11) is 0.